The van der Waals surface area contributed by atoms with Gasteiger partial charge in [-0.25, -0.2) is 0 Å². The van der Waals surface area contributed by atoms with Crippen LogP contribution in [0.5, 0.6) is 11.5 Å². The zero-order chi connectivity index (χ0) is 23.5. The van der Waals surface area contributed by atoms with Gasteiger partial charge in [-0.3, -0.25) is 9.59 Å². The lowest BCUT2D eigenvalue weighted by molar-refractivity contribution is -0.127. The number of phenolic OH excluding ortho intramolecular Hbond substituents is 1. The van der Waals surface area contributed by atoms with Crippen LogP contribution in [-0.4, -0.2) is 29.6 Å². The number of unbranched alkanes of at least 4 members (excludes halogenated alkanes) is 2. The first-order valence-electron chi connectivity index (χ1n) is 11.2. The van der Waals surface area contributed by atoms with Gasteiger partial charge >= 0.3 is 0 Å². The van der Waals surface area contributed by atoms with Crippen LogP contribution >= 0.6 is 0 Å². The number of nitrogens with one attached hydrogen (secondary N) is 1. The quantitative estimate of drug-likeness (QED) is 0.363. The fraction of sp³-hybridized carbons (Fsp3) is 0.259. The summed E-state index contributed by atoms with van der Waals surface area (Å²) in [7, 11) is 0. The second-order valence-electron chi connectivity index (χ2n) is 7.94. The molecule has 3 aromatic carbocycles. The molecular weight excluding hydrogens is 416 g/mol. The number of primary amides is 1. The number of carbonyl (C=O) groups excluding carboxylic acids is 2. The zero-order valence-electron chi connectivity index (χ0n) is 18.6. The van der Waals surface area contributed by atoms with Gasteiger partial charge in [0.25, 0.3) is 0 Å². The van der Waals surface area contributed by atoms with E-state index in [2.05, 4.69) is 17.4 Å². The molecule has 172 valence electrons. The highest BCUT2D eigenvalue weighted by atomic mass is 16.5. The van der Waals surface area contributed by atoms with Crippen LogP contribution in [-0.2, 0) is 16.0 Å². The number of aromatic hydroxyl groups is 1. The lowest BCUT2D eigenvalue weighted by atomic mass is 10.0. The van der Waals surface area contributed by atoms with Crippen LogP contribution in [0.25, 0.3) is 11.1 Å². The van der Waals surface area contributed by atoms with E-state index in [1.807, 2.05) is 42.5 Å². The van der Waals surface area contributed by atoms with Crippen LogP contribution < -0.4 is 15.8 Å². The molecule has 2 amide bonds. The predicted molar refractivity (Wildman–Crippen MR) is 129 cm³/mol. The van der Waals surface area contributed by atoms with E-state index in [-0.39, 0.29) is 18.1 Å². The van der Waals surface area contributed by atoms with Gasteiger partial charge in [-0.15, -0.1) is 0 Å². The summed E-state index contributed by atoms with van der Waals surface area (Å²) in [6, 6.07) is 23.9. The summed E-state index contributed by atoms with van der Waals surface area (Å²) in [5.41, 5.74) is 8.56. The van der Waals surface area contributed by atoms with Crippen molar-refractivity contribution in [2.75, 3.05) is 6.61 Å². The molecule has 33 heavy (non-hydrogen) atoms. The summed E-state index contributed by atoms with van der Waals surface area (Å²) in [4.78, 5) is 23.9. The van der Waals surface area contributed by atoms with E-state index in [1.165, 1.54) is 17.7 Å². The van der Waals surface area contributed by atoms with Gasteiger partial charge in [0.2, 0.25) is 11.8 Å². The normalized spacial score (nSPS) is 11.5. The summed E-state index contributed by atoms with van der Waals surface area (Å²) < 4.78 is 5.80. The summed E-state index contributed by atoms with van der Waals surface area (Å²) >= 11 is 0. The first kappa shape index (κ1) is 23.9. The maximum absolute atomic E-state index is 12.2. The van der Waals surface area contributed by atoms with E-state index in [0.29, 0.717) is 19.4 Å². The third-order valence-corrected chi connectivity index (χ3v) is 5.33. The molecule has 4 N–H and O–H groups in total. The smallest absolute Gasteiger partial charge is 0.240 e. The van der Waals surface area contributed by atoms with Crippen molar-refractivity contribution < 1.29 is 19.4 Å². The molecule has 6 nitrogen and oxygen atoms in total. The van der Waals surface area contributed by atoms with Crippen molar-refractivity contribution in [2.45, 2.75) is 38.1 Å². The van der Waals surface area contributed by atoms with E-state index in [4.69, 9.17) is 10.5 Å². The first-order chi connectivity index (χ1) is 16.0. The Kier molecular flexibility index (Phi) is 8.88. The van der Waals surface area contributed by atoms with Crippen LogP contribution in [0.1, 0.15) is 31.2 Å². The summed E-state index contributed by atoms with van der Waals surface area (Å²) in [5.74, 6) is 0.190. The predicted octanol–water partition coefficient (Wildman–Crippen LogP) is 4.21. The molecule has 0 aliphatic rings. The number of nitrogens with two attached hydrogens (primary N) is 1. The van der Waals surface area contributed by atoms with Crippen LogP contribution in [0.4, 0.5) is 0 Å². The Morgan fingerprint density at radius 3 is 2.18 bits per heavy atom. The van der Waals surface area contributed by atoms with E-state index >= 15 is 0 Å². The fourth-order valence-corrected chi connectivity index (χ4v) is 3.49. The van der Waals surface area contributed by atoms with Gasteiger partial charge in [0.05, 0.1) is 6.61 Å². The Balaban J connectivity index is 1.32. The van der Waals surface area contributed by atoms with E-state index in [0.717, 1.165) is 29.7 Å². The molecule has 0 saturated heterocycles. The Morgan fingerprint density at radius 2 is 1.52 bits per heavy atom. The van der Waals surface area contributed by atoms with Crippen molar-refractivity contribution in [2.24, 2.45) is 5.73 Å². The number of phenols is 1. The molecule has 0 aliphatic carbocycles. The third kappa shape index (κ3) is 8.00. The molecule has 3 rings (SSSR count). The van der Waals surface area contributed by atoms with Gasteiger partial charge in [-0.1, -0.05) is 54.6 Å². The number of ether oxygens (including phenoxy) is 1. The number of benzene rings is 3. The number of hydrogen-bond acceptors (Lipinski definition) is 4. The lowest BCUT2D eigenvalue weighted by Gasteiger charge is -2.15. The van der Waals surface area contributed by atoms with Crippen LogP contribution in [0.3, 0.4) is 0 Å². The number of rotatable bonds is 12. The summed E-state index contributed by atoms with van der Waals surface area (Å²) in [5, 5.41) is 12.1. The second-order valence-corrected chi connectivity index (χ2v) is 7.94. The maximum atomic E-state index is 12.2. The molecule has 0 bridgehead atoms. The monoisotopic (exact) mass is 446 g/mol. The average molecular weight is 447 g/mol. The Bertz CT molecular complexity index is 1020. The van der Waals surface area contributed by atoms with E-state index in [9.17, 15) is 14.7 Å². The average Bonchev–Trinajstić information content (AvgIpc) is 2.83. The minimum absolute atomic E-state index is 0.145. The van der Waals surface area contributed by atoms with Gasteiger partial charge < -0.3 is 20.9 Å². The van der Waals surface area contributed by atoms with E-state index in [1.54, 1.807) is 12.1 Å². The molecule has 6 heteroatoms. The van der Waals surface area contributed by atoms with Crippen molar-refractivity contribution in [1.82, 2.24) is 5.32 Å². The summed E-state index contributed by atoms with van der Waals surface area (Å²) in [6.45, 7) is 0.580. The maximum Gasteiger partial charge on any atom is 0.240 e. The first-order valence-corrected chi connectivity index (χ1v) is 11.2. The molecule has 0 radical (unpaired) electrons. The fourth-order valence-electron chi connectivity index (χ4n) is 3.49. The largest absolute Gasteiger partial charge is 0.508 e. The molecule has 0 fully saturated rings. The lowest BCUT2D eigenvalue weighted by Crippen LogP contribution is -2.45. The van der Waals surface area contributed by atoms with Crippen molar-refractivity contribution >= 4 is 11.8 Å². The minimum atomic E-state index is -0.774. The van der Waals surface area contributed by atoms with Crippen molar-refractivity contribution in [1.29, 1.82) is 0 Å². The molecule has 0 heterocycles. The highest BCUT2D eigenvalue weighted by Crippen LogP contribution is 2.22. The van der Waals surface area contributed by atoms with Gasteiger partial charge in [0.15, 0.2) is 0 Å². The number of carbonyl (C=O) groups is 2. The highest BCUT2D eigenvalue weighted by molar-refractivity contribution is 5.86. The molecule has 3 aromatic rings. The van der Waals surface area contributed by atoms with Crippen LogP contribution in [0, 0.1) is 0 Å². The second kappa shape index (κ2) is 12.3. The van der Waals surface area contributed by atoms with Gasteiger partial charge in [0.1, 0.15) is 17.5 Å². The molecule has 1 atom stereocenters. The SMILES string of the molecule is NC(=O)C(Cc1ccc(O)cc1)NC(=O)CCCCCOc1ccc(-c2ccccc2)cc1. The molecule has 1 unspecified atom stereocenters. The summed E-state index contributed by atoms with van der Waals surface area (Å²) in [6.07, 6.45) is 2.99. The third-order valence-electron chi connectivity index (χ3n) is 5.33. The standard InChI is InChI=1S/C27H30N2O4/c28-27(32)25(19-20-10-14-23(30)15-11-20)29-26(31)9-5-2-6-18-33-24-16-12-22(13-17-24)21-7-3-1-4-8-21/h1,3-4,7-8,10-17,25,30H,2,5-6,9,18-19H2,(H2,28,32)(H,29,31). The molecular formula is C27H30N2O4. The topological polar surface area (TPSA) is 102 Å². The van der Waals surface area contributed by atoms with Crippen molar-refractivity contribution in [3.8, 4) is 22.6 Å². The van der Waals surface area contributed by atoms with Crippen LogP contribution in [0.15, 0.2) is 78.9 Å². The van der Waals surface area contributed by atoms with E-state index < -0.39 is 11.9 Å². The molecule has 0 spiro atoms. The van der Waals surface area contributed by atoms with Gasteiger partial charge in [-0.05, 0) is 60.2 Å². The van der Waals surface area contributed by atoms with Crippen molar-refractivity contribution in [3.63, 3.8) is 0 Å². The van der Waals surface area contributed by atoms with Gasteiger partial charge in [0, 0.05) is 12.8 Å². The molecule has 0 aromatic heterocycles. The number of amides is 2. The van der Waals surface area contributed by atoms with Crippen molar-refractivity contribution in [3.05, 3.63) is 84.4 Å². The molecule has 0 saturated carbocycles. The minimum Gasteiger partial charge on any atom is -0.508 e. The Hall–Kier alpha value is -3.80. The zero-order valence-corrected chi connectivity index (χ0v) is 18.6. The number of hydrogen-bond donors (Lipinski definition) is 3. The Morgan fingerprint density at radius 1 is 0.848 bits per heavy atom. The molecule has 0 aliphatic heterocycles. The highest BCUT2D eigenvalue weighted by Gasteiger charge is 2.18. The van der Waals surface area contributed by atoms with Gasteiger partial charge in [-0.2, -0.15) is 0 Å². The Labute approximate surface area is 194 Å². The van der Waals surface area contributed by atoms with Crippen LogP contribution in [0.2, 0.25) is 0 Å².